The first-order valence-electron chi connectivity index (χ1n) is 9.12. The second kappa shape index (κ2) is 8.61. The van der Waals surface area contributed by atoms with E-state index < -0.39 is 11.9 Å². The van der Waals surface area contributed by atoms with Gasteiger partial charge in [0.2, 0.25) is 0 Å². The molecular weight excluding hydrogens is 356 g/mol. The Bertz CT molecular complexity index is 968. The van der Waals surface area contributed by atoms with Crippen molar-refractivity contribution in [3.63, 3.8) is 0 Å². The van der Waals surface area contributed by atoms with Crippen molar-refractivity contribution < 1.29 is 19.1 Å². The van der Waals surface area contributed by atoms with E-state index in [1.807, 2.05) is 35.3 Å². The van der Waals surface area contributed by atoms with E-state index in [1.165, 1.54) is 19.8 Å². The van der Waals surface area contributed by atoms with Crippen LogP contribution in [0.25, 0.3) is 17.0 Å². The van der Waals surface area contributed by atoms with Gasteiger partial charge in [0, 0.05) is 36.1 Å². The van der Waals surface area contributed by atoms with Crippen LogP contribution < -0.4 is 0 Å². The smallest absolute Gasteiger partial charge is 0.354 e. The molecular formula is C22H24N2O4. The second-order valence-electron chi connectivity index (χ2n) is 6.46. The van der Waals surface area contributed by atoms with Crippen LogP contribution in [0.2, 0.25) is 0 Å². The number of fused-ring (bicyclic) bond motifs is 3. The van der Waals surface area contributed by atoms with Gasteiger partial charge in [-0.1, -0.05) is 30.4 Å². The molecule has 6 nitrogen and oxygen atoms in total. The molecule has 3 rings (SSSR count). The highest BCUT2D eigenvalue weighted by atomic mass is 16.5. The first-order chi connectivity index (χ1) is 13.6. The van der Waals surface area contributed by atoms with Crippen LogP contribution in [-0.4, -0.2) is 49.1 Å². The number of para-hydroxylation sites is 1. The maximum atomic E-state index is 12.6. The standard InChI is InChI=1S/C22H24N2O4/c1-4-13-24-14-12-16-15-8-5-6-10-18(15)23-19(16)11-7-9-17(21(25)27-2)20(24)22(26)28-3/h4-8,10-11,23H,1,9,12-14H2,2-3H3/b11-7-,20-17+. The van der Waals surface area contributed by atoms with Crippen LogP contribution in [0.4, 0.5) is 0 Å². The predicted octanol–water partition coefficient (Wildman–Crippen LogP) is 3.22. The zero-order chi connectivity index (χ0) is 20.1. The summed E-state index contributed by atoms with van der Waals surface area (Å²) in [6, 6.07) is 8.12. The van der Waals surface area contributed by atoms with Gasteiger partial charge in [0.15, 0.2) is 0 Å². The van der Waals surface area contributed by atoms with Crippen molar-refractivity contribution in [1.82, 2.24) is 9.88 Å². The molecule has 1 aromatic carbocycles. The molecule has 0 atom stereocenters. The van der Waals surface area contributed by atoms with Gasteiger partial charge in [-0.05, 0) is 24.1 Å². The normalized spacial score (nSPS) is 18.3. The molecule has 0 bridgehead atoms. The molecule has 1 aliphatic heterocycles. The Balaban J connectivity index is 2.14. The number of allylic oxidation sites excluding steroid dienone is 1. The lowest BCUT2D eigenvalue weighted by atomic mass is 10.0. The fourth-order valence-electron chi connectivity index (χ4n) is 3.56. The number of carbonyl (C=O) groups is 2. The SMILES string of the molecule is C=CCN1CCc2c([nH]c3ccccc23)/C=C\C/C(C(=O)OC)=C\1C(=O)OC. The number of rotatable bonds is 4. The average molecular weight is 380 g/mol. The Morgan fingerprint density at radius 2 is 1.96 bits per heavy atom. The maximum Gasteiger partial charge on any atom is 0.354 e. The summed E-state index contributed by atoms with van der Waals surface area (Å²) >= 11 is 0. The van der Waals surface area contributed by atoms with E-state index in [-0.39, 0.29) is 17.7 Å². The molecule has 2 heterocycles. The van der Waals surface area contributed by atoms with E-state index in [1.54, 1.807) is 6.08 Å². The molecule has 2 aromatic rings. The van der Waals surface area contributed by atoms with Crippen LogP contribution in [0.3, 0.4) is 0 Å². The largest absolute Gasteiger partial charge is 0.466 e. The average Bonchev–Trinajstić information content (AvgIpc) is 3.07. The van der Waals surface area contributed by atoms with Crippen molar-refractivity contribution >= 4 is 28.9 Å². The van der Waals surface area contributed by atoms with Crippen molar-refractivity contribution in [2.24, 2.45) is 0 Å². The fraction of sp³-hybridized carbons (Fsp3) is 0.273. The Kier molecular flexibility index (Phi) is 5.99. The second-order valence-corrected chi connectivity index (χ2v) is 6.46. The van der Waals surface area contributed by atoms with E-state index in [0.29, 0.717) is 19.5 Å². The first-order valence-corrected chi connectivity index (χ1v) is 9.12. The number of benzene rings is 1. The molecule has 0 saturated heterocycles. The van der Waals surface area contributed by atoms with Crippen LogP contribution in [-0.2, 0) is 25.5 Å². The topological polar surface area (TPSA) is 71.6 Å². The highest BCUT2D eigenvalue weighted by Gasteiger charge is 2.27. The van der Waals surface area contributed by atoms with Gasteiger partial charge in [-0.15, -0.1) is 6.58 Å². The zero-order valence-corrected chi connectivity index (χ0v) is 16.2. The molecule has 28 heavy (non-hydrogen) atoms. The number of methoxy groups -OCH3 is 2. The zero-order valence-electron chi connectivity index (χ0n) is 16.2. The van der Waals surface area contributed by atoms with Gasteiger partial charge in [0.1, 0.15) is 5.70 Å². The number of carbonyl (C=O) groups excluding carboxylic acids is 2. The fourth-order valence-corrected chi connectivity index (χ4v) is 3.56. The van der Waals surface area contributed by atoms with Gasteiger partial charge in [-0.3, -0.25) is 0 Å². The molecule has 6 heteroatoms. The minimum Gasteiger partial charge on any atom is -0.466 e. The molecule has 0 amide bonds. The third-order valence-corrected chi connectivity index (χ3v) is 4.85. The molecule has 0 aliphatic carbocycles. The summed E-state index contributed by atoms with van der Waals surface area (Å²) in [5.41, 5.74) is 3.73. The summed E-state index contributed by atoms with van der Waals surface area (Å²) in [7, 11) is 2.61. The van der Waals surface area contributed by atoms with E-state index in [0.717, 1.165) is 16.6 Å². The van der Waals surface area contributed by atoms with Crippen molar-refractivity contribution in [1.29, 1.82) is 0 Å². The molecule has 0 spiro atoms. The van der Waals surface area contributed by atoms with Gasteiger partial charge in [0.05, 0.1) is 19.8 Å². The number of ether oxygens (including phenoxy) is 2. The number of nitrogens with zero attached hydrogens (tertiary/aromatic N) is 1. The van der Waals surface area contributed by atoms with Gasteiger partial charge < -0.3 is 19.4 Å². The molecule has 0 unspecified atom stereocenters. The predicted molar refractivity (Wildman–Crippen MR) is 108 cm³/mol. The van der Waals surface area contributed by atoms with Crippen molar-refractivity contribution in [2.75, 3.05) is 27.3 Å². The Morgan fingerprint density at radius 3 is 2.68 bits per heavy atom. The third-order valence-electron chi connectivity index (χ3n) is 4.85. The third kappa shape index (κ3) is 3.71. The van der Waals surface area contributed by atoms with Gasteiger partial charge in [-0.2, -0.15) is 0 Å². The van der Waals surface area contributed by atoms with E-state index in [9.17, 15) is 9.59 Å². The summed E-state index contributed by atoms with van der Waals surface area (Å²) < 4.78 is 9.90. The van der Waals surface area contributed by atoms with Crippen LogP contribution in [0.1, 0.15) is 17.7 Å². The Labute approximate surface area is 164 Å². The molecule has 0 saturated carbocycles. The number of aromatic nitrogens is 1. The van der Waals surface area contributed by atoms with Crippen LogP contribution in [0, 0.1) is 0 Å². The Morgan fingerprint density at radius 1 is 1.21 bits per heavy atom. The van der Waals surface area contributed by atoms with E-state index in [4.69, 9.17) is 9.47 Å². The molecule has 0 fully saturated rings. The number of hydrogen-bond acceptors (Lipinski definition) is 5. The molecule has 146 valence electrons. The Hall–Kier alpha value is -3.28. The number of nitrogens with one attached hydrogen (secondary N) is 1. The monoisotopic (exact) mass is 380 g/mol. The molecule has 1 aliphatic rings. The summed E-state index contributed by atoms with van der Waals surface area (Å²) in [5.74, 6) is -1.10. The number of H-pyrrole nitrogens is 1. The lowest BCUT2D eigenvalue weighted by Gasteiger charge is -2.27. The lowest BCUT2D eigenvalue weighted by Crippen LogP contribution is -2.33. The minimum atomic E-state index is -0.560. The van der Waals surface area contributed by atoms with Crippen molar-refractivity contribution in [3.05, 3.63) is 65.5 Å². The molecule has 0 radical (unpaired) electrons. The highest BCUT2D eigenvalue weighted by molar-refractivity contribution is 6.00. The molecule has 1 aromatic heterocycles. The molecule has 1 N–H and O–H groups in total. The first kappa shape index (κ1) is 19.5. The van der Waals surface area contributed by atoms with Crippen LogP contribution in [0.15, 0.2) is 54.3 Å². The van der Waals surface area contributed by atoms with E-state index >= 15 is 0 Å². The highest BCUT2D eigenvalue weighted by Crippen LogP contribution is 2.27. The summed E-state index contributed by atoms with van der Waals surface area (Å²) in [6.45, 7) is 4.73. The quantitative estimate of drug-likeness (QED) is 0.651. The maximum absolute atomic E-state index is 12.6. The van der Waals surface area contributed by atoms with E-state index in [2.05, 4.69) is 17.6 Å². The van der Waals surface area contributed by atoms with Gasteiger partial charge in [-0.25, -0.2) is 9.59 Å². The number of esters is 2. The van der Waals surface area contributed by atoms with Gasteiger partial charge >= 0.3 is 11.9 Å². The minimum absolute atomic E-state index is 0.224. The number of hydrogen-bond donors (Lipinski definition) is 1. The summed E-state index contributed by atoms with van der Waals surface area (Å²) in [5, 5.41) is 1.15. The van der Waals surface area contributed by atoms with Gasteiger partial charge in [0.25, 0.3) is 0 Å². The summed E-state index contributed by atoms with van der Waals surface area (Å²) in [6.07, 6.45) is 6.46. The van der Waals surface area contributed by atoms with Crippen LogP contribution >= 0.6 is 0 Å². The number of aromatic amines is 1. The van der Waals surface area contributed by atoms with Crippen molar-refractivity contribution in [3.8, 4) is 0 Å². The lowest BCUT2D eigenvalue weighted by molar-refractivity contribution is -0.140. The van der Waals surface area contributed by atoms with Crippen LogP contribution in [0.5, 0.6) is 0 Å². The van der Waals surface area contributed by atoms with Crippen molar-refractivity contribution in [2.45, 2.75) is 12.8 Å². The summed E-state index contributed by atoms with van der Waals surface area (Å²) in [4.78, 5) is 30.2.